The van der Waals surface area contributed by atoms with Gasteiger partial charge in [-0.3, -0.25) is 0 Å². The van der Waals surface area contributed by atoms with E-state index in [4.69, 9.17) is 9.52 Å². The largest absolute Gasteiger partial charge is 0.872 e. The monoisotopic (exact) mass is 370 g/mol. The number of hydrogen-bond acceptors (Lipinski definition) is 5. The molecule has 0 spiro atoms. The van der Waals surface area contributed by atoms with Gasteiger partial charge in [-0.05, 0) is 30.3 Å². The summed E-state index contributed by atoms with van der Waals surface area (Å²) in [5, 5.41) is 30.2. The Morgan fingerprint density at radius 2 is 2.04 bits per heavy atom. The predicted octanol–water partition coefficient (Wildman–Crippen LogP) is 3.66. The summed E-state index contributed by atoms with van der Waals surface area (Å²) in [7, 11) is 0. The van der Waals surface area contributed by atoms with E-state index in [1.54, 1.807) is 18.2 Å². The minimum atomic E-state index is -1.30. The number of carboxylic acids is 1. The molecule has 0 atom stereocenters. The maximum absolute atomic E-state index is 11.6. The van der Waals surface area contributed by atoms with E-state index in [1.165, 1.54) is 18.2 Å². The second kappa shape index (κ2) is 6.78. The third-order valence-electron chi connectivity index (χ3n) is 4.17. The molecule has 0 bridgehead atoms. The highest BCUT2D eigenvalue weighted by molar-refractivity contribution is 5.92. The lowest BCUT2D eigenvalue weighted by molar-refractivity contribution is -0.268. The molecule has 2 N–H and O–H groups in total. The van der Waals surface area contributed by atoms with E-state index in [9.17, 15) is 15.2 Å². The summed E-state index contributed by atoms with van der Waals surface area (Å²) in [5.74, 6) is -0.661. The average Bonchev–Trinajstić information content (AvgIpc) is 3.33. The van der Waals surface area contributed by atoms with Crippen LogP contribution in [0, 0.1) is 11.3 Å². The van der Waals surface area contributed by atoms with Crippen molar-refractivity contribution in [2.45, 2.75) is 0 Å². The van der Waals surface area contributed by atoms with Crippen molar-refractivity contribution in [1.82, 2.24) is 9.97 Å². The summed E-state index contributed by atoms with van der Waals surface area (Å²) in [5.41, 5.74) is 1.98. The number of para-hydroxylation sites is 2. The van der Waals surface area contributed by atoms with E-state index in [2.05, 4.69) is 16.0 Å². The Balaban J connectivity index is 1.69. The van der Waals surface area contributed by atoms with Gasteiger partial charge in [-0.25, -0.2) is 9.78 Å². The summed E-state index contributed by atoms with van der Waals surface area (Å²) >= 11 is 0. The molecule has 0 radical (unpaired) electrons. The number of aromatic carboxylic acids is 1. The Bertz CT molecular complexity index is 1240. The molecule has 0 saturated heterocycles. The number of aromatic nitrogens is 2. The molecule has 4 aromatic rings. The van der Waals surface area contributed by atoms with Crippen LogP contribution in [0.5, 0.6) is 5.75 Å². The van der Waals surface area contributed by atoms with E-state index in [0.717, 1.165) is 11.0 Å². The molecule has 0 aliphatic heterocycles. The standard InChI is InChI=1S/C21H13N3O4/c22-11-13(20-23-16-3-1-2-4-17(16)24-20)9-14-6-8-19(28-14)12-5-7-18(25)15(10-12)21(26)27/h1-10,25H,(H,23,24)(H,26,27)/p-1/b13-9+. The topological polar surface area (TPSA) is 126 Å². The number of nitrogens with zero attached hydrogens (tertiary/aromatic N) is 2. The van der Waals surface area contributed by atoms with Crippen LogP contribution in [0.25, 0.3) is 34.0 Å². The van der Waals surface area contributed by atoms with Gasteiger partial charge in [0, 0.05) is 11.6 Å². The van der Waals surface area contributed by atoms with Crippen LogP contribution in [-0.4, -0.2) is 21.0 Å². The molecule has 7 nitrogen and oxygen atoms in total. The van der Waals surface area contributed by atoms with Crippen molar-refractivity contribution in [3.63, 3.8) is 0 Å². The van der Waals surface area contributed by atoms with Crippen molar-refractivity contribution in [2.24, 2.45) is 0 Å². The zero-order valence-corrected chi connectivity index (χ0v) is 14.3. The zero-order chi connectivity index (χ0) is 19.7. The summed E-state index contributed by atoms with van der Waals surface area (Å²) in [4.78, 5) is 18.6. The number of carboxylic acid groups (broad SMARTS) is 1. The van der Waals surface area contributed by atoms with Crippen molar-refractivity contribution >= 4 is 28.7 Å². The molecule has 0 fully saturated rings. The van der Waals surface area contributed by atoms with Crippen LogP contribution in [0.15, 0.2) is 59.0 Å². The Labute approximate surface area is 158 Å². The molecule has 0 aliphatic carbocycles. The average molecular weight is 370 g/mol. The van der Waals surface area contributed by atoms with Gasteiger partial charge in [-0.1, -0.05) is 30.0 Å². The summed E-state index contributed by atoms with van der Waals surface area (Å²) in [6.07, 6.45) is 1.54. The van der Waals surface area contributed by atoms with Gasteiger partial charge in [0.2, 0.25) is 0 Å². The second-order valence-corrected chi connectivity index (χ2v) is 5.99. The highest BCUT2D eigenvalue weighted by atomic mass is 16.4. The zero-order valence-electron chi connectivity index (χ0n) is 14.3. The molecule has 136 valence electrons. The lowest BCUT2D eigenvalue weighted by atomic mass is 10.1. The number of nitriles is 1. The molecule has 0 aliphatic rings. The van der Waals surface area contributed by atoms with Gasteiger partial charge < -0.3 is 19.6 Å². The third-order valence-corrected chi connectivity index (χ3v) is 4.17. The number of carbonyl (C=O) groups is 1. The van der Waals surface area contributed by atoms with Crippen molar-refractivity contribution in [3.05, 3.63) is 71.7 Å². The molecular weight excluding hydrogens is 358 g/mol. The molecule has 0 saturated carbocycles. The Morgan fingerprint density at radius 3 is 2.79 bits per heavy atom. The number of rotatable bonds is 4. The van der Waals surface area contributed by atoms with Gasteiger partial charge in [0.05, 0.1) is 22.2 Å². The van der Waals surface area contributed by atoms with Gasteiger partial charge in [-0.15, -0.1) is 0 Å². The number of allylic oxidation sites excluding steroid dienone is 1. The minimum absolute atomic E-state index is 0.290. The maximum atomic E-state index is 11.6. The molecule has 4 rings (SSSR count). The highest BCUT2D eigenvalue weighted by Gasteiger charge is 2.11. The van der Waals surface area contributed by atoms with Crippen LogP contribution in [0.1, 0.15) is 21.9 Å². The molecule has 0 unspecified atom stereocenters. The lowest BCUT2D eigenvalue weighted by Crippen LogP contribution is -2.03. The van der Waals surface area contributed by atoms with Crippen LogP contribution in [0.3, 0.4) is 0 Å². The lowest BCUT2D eigenvalue weighted by Gasteiger charge is -2.10. The minimum Gasteiger partial charge on any atom is -0.872 e. The van der Waals surface area contributed by atoms with Gasteiger partial charge in [0.15, 0.2) is 0 Å². The molecule has 28 heavy (non-hydrogen) atoms. The number of imidazole rings is 1. The SMILES string of the molecule is N#C/C(=C\c1ccc(-c2ccc([O-])c(C(=O)O)c2)o1)c1nc2ccccc2[nH]1. The molecule has 2 aromatic carbocycles. The number of benzene rings is 2. The van der Waals surface area contributed by atoms with Gasteiger partial charge in [0.1, 0.15) is 23.4 Å². The first-order chi connectivity index (χ1) is 13.5. The summed E-state index contributed by atoms with van der Waals surface area (Å²) < 4.78 is 5.71. The fourth-order valence-electron chi connectivity index (χ4n) is 2.81. The van der Waals surface area contributed by atoms with Crippen LogP contribution in [0.2, 0.25) is 0 Å². The molecule has 2 aromatic heterocycles. The number of H-pyrrole nitrogens is 1. The van der Waals surface area contributed by atoms with Gasteiger partial charge >= 0.3 is 5.97 Å². The fourth-order valence-corrected chi connectivity index (χ4v) is 2.81. The normalized spacial score (nSPS) is 11.5. The molecule has 0 amide bonds. The number of fused-ring (bicyclic) bond motifs is 1. The first-order valence-corrected chi connectivity index (χ1v) is 8.26. The van der Waals surface area contributed by atoms with Crippen molar-refractivity contribution in [3.8, 4) is 23.1 Å². The smallest absolute Gasteiger partial charge is 0.335 e. The number of nitrogens with one attached hydrogen (secondary N) is 1. The summed E-state index contributed by atoms with van der Waals surface area (Å²) in [6, 6.07) is 16.8. The van der Waals surface area contributed by atoms with E-state index >= 15 is 0 Å². The molecule has 2 heterocycles. The van der Waals surface area contributed by atoms with Gasteiger partial charge in [-0.2, -0.15) is 5.26 Å². The van der Waals surface area contributed by atoms with Crippen molar-refractivity contribution in [2.75, 3.05) is 0 Å². The van der Waals surface area contributed by atoms with Crippen molar-refractivity contribution < 1.29 is 19.4 Å². The number of hydrogen-bond donors (Lipinski definition) is 2. The quantitative estimate of drug-likeness (QED) is 0.528. The van der Waals surface area contributed by atoms with Crippen LogP contribution >= 0.6 is 0 Å². The highest BCUT2D eigenvalue weighted by Crippen LogP contribution is 2.28. The fraction of sp³-hybridized carbons (Fsp3) is 0. The Kier molecular flexibility index (Phi) is 4.14. The van der Waals surface area contributed by atoms with Crippen molar-refractivity contribution in [1.29, 1.82) is 5.26 Å². The maximum Gasteiger partial charge on any atom is 0.335 e. The summed E-state index contributed by atoms with van der Waals surface area (Å²) in [6.45, 7) is 0. The Hall–Kier alpha value is -4.31. The number of aromatic amines is 1. The first-order valence-electron chi connectivity index (χ1n) is 8.26. The molecule has 7 heteroatoms. The van der Waals surface area contributed by atoms with Gasteiger partial charge in [0.25, 0.3) is 0 Å². The third kappa shape index (κ3) is 3.10. The van der Waals surface area contributed by atoms with E-state index in [1.807, 2.05) is 24.3 Å². The second-order valence-electron chi connectivity index (χ2n) is 5.99. The predicted molar refractivity (Wildman–Crippen MR) is 100 cm³/mol. The van der Waals surface area contributed by atoms with E-state index in [0.29, 0.717) is 28.5 Å². The van der Waals surface area contributed by atoms with Crippen LogP contribution in [0.4, 0.5) is 0 Å². The Morgan fingerprint density at radius 1 is 1.21 bits per heavy atom. The van der Waals surface area contributed by atoms with Crippen LogP contribution in [-0.2, 0) is 0 Å². The molecular formula is C21H12N3O4-. The first kappa shape index (κ1) is 17.1. The van der Waals surface area contributed by atoms with E-state index < -0.39 is 11.7 Å². The van der Waals surface area contributed by atoms with E-state index in [-0.39, 0.29) is 5.56 Å². The van der Waals surface area contributed by atoms with Crippen LogP contribution < -0.4 is 5.11 Å². The number of furan rings is 1.